The van der Waals surface area contributed by atoms with Gasteiger partial charge in [0.25, 0.3) is 0 Å². The molecule has 0 aromatic heterocycles. The smallest absolute Gasteiger partial charge is 0.103 e. The van der Waals surface area contributed by atoms with Crippen LogP contribution in [0.1, 0.15) is 30.5 Å². The molecule has 0 aliphatic heterocycles. The van der Waals surface area contributed by atoms with Crippen LogP contribution in [0.25, 0.3) is 0 Å². The van der Waals surface area contributed by atoms with Crippen molar-refractivity contribution in [2.75, 3.05) is 13.6 Å². The summed E-state index contributed by atoms with van der Waals surface area (Å²) in [5.41, 5.74) is 3.62. The van der Waals surface area contributed by atoms with Gasteiger partial charge in [0.1, 0.15) is 5.54 Å². The van der Waals surface area contributed by atoms with Crippen molar-refractivity contribution in [3.8, 4) is 6.07 Å². The van der Waals surface area contributed by atoms with Gasteiger partial charge in [-0.25, -0.2) is 0 Å². The Morgan fingerprint density at radius 2 is 1.94 bits per heavy atom. The predicted octanol–water partition coefficient (Wildman–Crippen LogP) is 3.08. The SMILES string of the molecule is Cc1ccc(C)c(CCN(C)C(C)(C)C#N)c1. The first-order valence-corrected chi connectivity index (χ1v) is 6.05. The van der Waals surface area contributed by atoms with Crippen LogP contribution >= 0.6 is 0 Å². The highest BCUT2D eigenvalue weighted by Crippen LogP contribution is 2.15. The molecule has 0 saturated carbocycles. The Balaban J connectivity index is 2.69. The molecule has 0 atom stereocenters. The molecule has 17 heavy (non-hydrogen) atoms. The Labute approximate surface area is 105 Å². The Hall–Kier alpha value is -1.33. The van der Waals surface area contributed by atoms with E-state index in [-0.39, 0.29) is 0 Å². The average Bonchev–Trinajstić information content (AvgIpc) is 2.29. The molecule has 0 bridgehead atoms. The topological polar surface area (TPSA) is 27.0 Å². The minimum atomic E-state index is -0.391. The van der Waals surface area contributed by atoms with Crippen molar-refractivity contribution in [1.82, 2.24) is 4.90 Å². The first-order chi connectivity index (χ1) is 7.86. The van der Waals surface area contributed by atoms with E-state index in [0.717, 1.165) is 13.0 Å². The monoisotopic (exact) mass is 230 g/mol. The van der Waals surface area contributed by atoms with Gasteiger partial charge in [0.05, 0.1) is 6.07 Å². The van der Waals surface area contributed by atoms with E-state index in [1.165, 1.54) is 16.7 Å². The van der Waals surface area contributed by atoms with Gasteiger partial charge in [-0.2, -0.15) is 5.26 Å². The van der Waals surface area contributed by atoms with Gasteiger partial charge in [-0.1, -0.05) is 23.8 Å². The third-order valence-electron chi connectivity index (χ3n) is 3.45. The maximum absolute atomic E-state index is 9.07. The maximum atomic E-state index is 9.07. The van der Waals surface area contributed by atoms with Crippen molar-refractivity contribution >= 4 is 0 Å². The fraction of sp³-hybridized carbons (Fsp3) is 0.533. The van der Waals surface area contributed by atoms with Crippen molar-refractivity contribution in [2.45, 2.75) is 39.7 Å². The highest BCUT2D eigenvalue weighted by atomic mass is 15.2. The van der Waals surface area contributed by atoms with Gasteiger partial charge < -0.3 is 0 Å². The Morgan fingerprint density at radius 3 is 2.53 bits per heavy atom. The molecule has 0 aliphatic carbocycles. The van der Waals surface area contributed by atoms with E-state index < -0.39 is 5.54 Å². The minimum Gasteiger partial charge on any atom is -0.289 e. The van der Waals surface area contributed by atoms with E-state index in [0.29, 0.717) is 0 Å². The maximum Gasteiger partial charge on any atom is 0.103 e. The minimum absolute atomic E-state index is 0.391. The lowest BCUT2D eigenvalue weighted by molar-refractivity contribution is 0.214. The molecule has 0 amide bonds. The normalized spacial score (nSPS) is 11.6. The summed E-state index contributed by atoms with van der Waals surface area (Å²) in [5.74, 6) is 0. The molecule has 1 aromatic rings. The van der Waals surface area contributed by atoms with E-state index >= 15 is 0 Å². The lowest BCUT2D eigenvalue weighted by Crippen LogP contribution is -2.40. The number of nitrogens with zero attached hydrogens (tertiary/aromatic N) is 2. The van der Waals surface area contributed by atoms with E-state index in [4.69, 9.17) is 5.26 Å². The molecule has 0 heterocycles. The van der Waals surface area contributed by atoms with Crippen LogP contribution in [0.3, 0.4) is 0 Å². The summed E-state index contributed by atoms with van der Waals surface area (Å²) in [6, 6.07) is 8.88. The average molecular weight is 230 g/mol. The Morgan fingerprint density at radius 1 is 1.29 bits per heavy atom. The first kappa shape index (κ1) is 13.7. The zero-order chi connectivity index (χ0) is 13.1. The van der Waals surface area contributed by atoms with Crippen molar-refractivity contribution < 1.29 is 0 Å². The van der Waals surface area contributed by atoms with Gasteiger partial charge in [0.2, 0.25) is 0 Å². The summed E-state index contributed by atoms with van der Waals surface area (Å²) in [4.78, 5) is 2.11. The quantitative estimate of drug-likeness (QED) is 0.794. The van der Waals surface area contributed by atoms with Gasteiger partial charge in [-0.3, -0.25) is 4.90 Å². The van der Waals surface area contributed by atoms with Crippen molar-refractivity contribution in [3.63, 3.8) is 0 Å². The van der Waals surface area contributed by atoms with Crippen LogP contribution < -0.4 is 0 Å². The highest BCUT2D eigenvalue weighted by molar-refractivity contribution is 5.30. The lowest BCUT2D eigenvalue weighted by atomic mass is 10.0. The Kier molecular flexibility index (Phi) is 4.31. The number of nitriles is 1. The molecule has 0 aliphatic rings. The van der Waals surface area contributed by atoms with Gasteiger partial charge >= 0.3 is 0 Å². The van der Waals surface area contributed by atoms with Gasteiger partial charge in [-0.05, 0) is 52.3 Å². The summed E-state index contributed by atoms with van der Waals surface area (Å²) in [6.07, 6.45) is 0.995. The van der Waals surface area contributed by atoms with Crippen molar-refractivity contribution in [1.29, 1.82) is 5.26 Å². The molecular formula is C15H22N2. The van der Waals surface area contributed by atoms with Crippen molar-refractivity contribution in [2.24, 2.45) is 0 Å². The summed E-state index contributed by atoms with van der Waals surface area (Å²) in [7, 11) is 2.01. The first-order valence-electron chi connectivity index (χ1n) is 6.05. The third-order valence-corrected chi connectivity index (χ3v) is 3.45. The second-order valence-electron chi connectivity index (χ2n) is 5.27. The lowest BCUT2D eigenvalue weighted by Gasteiger charge is -2.29. The second kappa shape index (κ2) is 5.33. The molecule has 0 fully saturated rings. The number of benzene rings is 1. The number of rotatable bonds is 4. The molecule has 1 aromatic carbocycles. The predicted molar refractivity (Wildman–Crippen MR) is 71.9 cm³/mol. The molecule has 2 nitrogen and oxygen atoms in total. The van der Waals surface area contributed by atoms with Crippen LogP contribution in [0.2, 0.25) is 0 Å². The number of likely N-dealkylation sites (N-methyl/N-ethyl adjacent to an activating group) is 1. The molecule has 2 heteroatoms. The molecule has 0 N–H and O–H groups in total. The highest BCUT2D eigenvalue weighted by Gasteiger charge is 2.22. The number of hydrogen-bond acceptors (Lipinski definition) is 2. The summed E-state index contributed by atoms with van der Waals surface area (Å²) in [5, 5.41) is 9.07. The van der Waals surface area contributed by atoms with Crippen molar-refractivity contribution in [3.05, 3.63) is 34.9 Å². The van der Waals surface area contributed by atoms with Crippen LogP contribution in [-0.2, 0) is 6.42 Å². The number of aryl methyl sites for hydroxylation is 2. The van der Waals surface area contributed by atoms with Crippen LogP contribution in [0.5, 0.6) is 0 Å². The van der Waals surface area contributed by atoms with E-state index in [2.05, 4.69) is 43.0 Å². The van der Waals surface area contributed by atoms with Crippen LogP contribution in [0.15, 0.2) is 18.2 Å². The fourth-order valence-corrected chi connectivity index (χ4v) is 1.72. The standard InChI is InChI=1S/C15H22N2/c1-12-6-7-13(2)14(10-12)8-9-17(5)15(3,4)11-16/h6-7,10H,8-9H2,1-5H3. The number of hydrogen-bond donors (Lipinski definition) is 0. The van der Waals surface area contributed by atoms with Gasteiger partial charge in [0, 0.05) is 6.54 Å². The van der Waals surface area contributed by atoms with Crippen LogP contribution in [0.4, 0.5) is 0 Å². The molecule has 1 rings (SSSR count). The van der Waals surface area contributed by atoms with Gasteiger partial charge in [0.15, 0.2) is 0 Å². The molecule has 0 radical (unpaired) electrons. The zero-order valence-corrected chi connectivity index (χ0v) is 11.5. The fourth-order valence-electron chi connectivity index (χ4n) is 1.72. The van der Waals surface area contributed by atoms with Crippen LogP contribution in [-0.4, -0.2) is 24.0 Å². The summed E-state index contributed by atoms with van der Waals surface area (Å²) < 4.78 is 0. The Bertz CT molecular complexity index is 427. The molecule has 0 spiro atoms. The zero-order valence-electron chi connectivity index (χ0n) is 11.5. The van der Waals surface area contributed by atoms with E-state index in [9.17, 15) is 0 Å². The van der Waals surface area contributed by atoms with Gasteiger partial charge in [-0.15, -0.1) is 0 Å². The molecule has 92 valence electrons. The second-order valence-corrected chi connectivity index (χ2v) is 5.27. The third kappa shape index (κ3) is 3.57. The van der Waals surface area contributed by atoms with E-state index in [1.54, 1.807) is 0 Å². The van der Waals surface area contributed by atoms with Crippen LogP contribution in [0, 0.1) is 25.2 Å². The molecule has 0 unspecified atom stereocenters. The molecular weight excluding hydrogens is 208 g/mol. The largest absolute Gasteiger partial charge is 0.289 e. The summed E-state index contributed by atoms with van der Waals surface area (Å²) in [6.45, 7) is 9.08. The van der Waals surface area contributed by atoms with E-state index in [1.807, 2.05) is 20.9 Å². The summed E-state index contributed by atoms with van der Waals surface area (Å²) >= 11 is 0. The molecule has 0 saturated heterocycles.